The molecule has 1 aliphatic heterocycles. The number of nitrogens with one attached hydrogen (secondary N) is 1. The molecule has 2 rings (SSSR count). The van der Waals surface area contributed by atoms with E-state index in [4.69, 9.17) is 42.6 Å². The van der Waals surface area contributed by atoms with Gasteiger partial charge in [0.25, 0.3) is 0 Å². The first kappa shape index (κ1) is 26.1. The number of primary sulfonamides is 1. The molecule has 0 saturated carbocycles. The van der Waals surface area contributed by atoms with Gasteiger partial charge in [-0.05, 0) is 32.4 Å². The van der Waals surface area contributed by atoms with Crippen molar-refractivity contribution in [3.63, 3.8) is 0 Å². The van der Waals surface area contributed by atoms with Crippen molar-refractivity contribution < 1.29 is 32.2 Å². The number of rotatable bonds is 8. The first-order chi connectivity index (χ1) is 14.9. The Balaban J connectivity index is 2.74. The zero-order chi connectivity index (χ0) is 24.2. The maximum atomic E-state index is 13.0. The third-order valence-corrected chi connectivity index (χ3v) is 6.66. The molecule has 9 nitrogen and oxygen atoms in total. The van der Waals surface area contributed by atoms with Crippen molar-refractivity contribution in [1.82, 2.24) is 5.32 Å². The van der Waals surface area contributed by atoms with Crippen LogP contribution in [-0.2, 0) is 33.8 Å². The third-order valence-electron chi connectivity index (χ3n) is 4.76. The van der Waals surface area contributed by atoms with Crippen molar-refractivity contribution in [3.8, 4) is 0 Å². The minimum absolute atomic E-state index is 0.00337. The average Bonchev–Trinajstić information content (AvgIpc) is 2.72. The Hall–Kier alpha value is -2.11. The van der Waals surface area contributed by atoms with Crippen LogP contribution in [0, 0.1) is 0 Å². The van der Waals surface area contributed by atoms with E-state index in [-0.39, 0.29) is 40.1 Å². The van der Waals surface area contributed by atoms with E-state index in [1.807, 2.05) is 0 Å². The molecule has 0 spiro atoms. The van der Waals surface area contributed by atoms with Gasteiger partial charge >= 0.3 is 11.9 Å². The van der Waals surface area contributed by atoms with Crippen LogP contribution in [0.1, 0.15) is 32.3 Å². The van der Waals surface area contributed by atoms with Crippen molar-refractivity contribution >= 4 is 45.2 Å². The van der Waals surface area contributed by atoms with E-state index in [0.29, 0.717) is 11.3 Å². The lowest BCUT2D eigenvalue weighted by Crippen LogP contribution is -2.36. The van der Waals surface area contributed by atoms with Crippen molar-refractivity contribution in [2.45, 2.75) is 32.1 Å². The molecule has 0 aliphatic carbocycles. The standard InChI is InChI=1S/C20H24Cl2N2O7S/c1-5-30-20(26)17-14(9-31-11(3)32(23,27)28)24-10(2)15(19(25)29-4)16(17)12-7-6-8-13(21)18(12)22/h6-8,11,16,24H,5,9H2,1-4H3,(H2,23,27,28). The number of ether oxygens (including phenoxy) is 3. The van der Waals surface area contributed by atoms with Crippen LogP contribution in [0.3, 0.4) is 0 Å². The van der Waals surface area contributed by atoms with Gasteiger partial charge in [0.05, 0.1) is 53.1 Å². The summed E-state index contributed by atoms with van der Waals surface area (Å²) in [4.78, 5) is 25.7. The summed E-state index contributed by atoms with van der Waals surface area (Å²) in [7, 11) is -2.78. The summed E-state index contributed by atoms with van der Waals surface area (Å²) in [5.41, 5.74) is -0.329. The van der Waals surface area contributed by atoms with Gasteiger partial charge in [-0.3, -0.25) is 0 Å². The number of benzene rings is 1. The SMILES string of the molecule is CCOC(=O)C1=C(COC(C)S(N)(=O)=O)NC(C)=C(C(=O)OC)C1c1cccc(Cl)c1Cl. The number of hydrogen-bond donors (Lipinski definition) is 2. The van der Waals surface area contributed by atoms with E-state index in [2.05, 4.69) is 5.32 Å². The topological polar surface area (TPSA) is 134 Å². The number of carbonyl (C=O) groups is 2. The maximum absolute atomic E-state index is 13.0. The molecule has 2 unspecified atom stereocenters. The molecule has 1 aliphatic rings. The molecule has 0 radical (unpaired) electrons. The Morgan fingerprint density at radius 2 is 1.88 bits per heavy atom. The van der Waals surface area contributed by atoms with Crippen LogP contribution < -0.4 is 10.5 Å². The van der Waals surface area contributed by atoms with Gasteiger partial charge in [0.15, 0.2) is 5.44 Å². The van der Waals surface area contributed by atoms with Crippen LogP contribution >= 0.6 is 23.2 Å². The van der Waals surface area contributed by atoms with E-state index in [9.17, 15) is 18.0 Å². The predicted octanol–water partition coefficient (Wildman–Crippen LogP) is 2.60. The molecule has 0 saturated heterocycles. The summed E-state index contributed by atoms with van der Waals surface area (Å²) in [6.45, 7) is 4.19. The van der Waals surface area contributed by atoms with Gasteiger partial charge in [-0.2, -0.15) is 0 Å². The van der Waals surface area contributed by atoms with Crippen LogP contribution in [0.2, 0.25) is 10.0 Å². The molecule has 3 N–H and O–H groups in total. The second kappa shape index (κ2) is 10.7. The quantitative estimate of drug-likeness (QED) is 0.513. The van der Waals surface area contributed by atoms with Gasteiger partial charge in [0.1, 0.15) is 0 Å². The number of methoxy groups -OCH3 is 1. The Morgan fingerprint density at radius 1 is 1.22 bits per heavy atom. The summed E-state index contributed by atoms with van der Waals surface area (Å²) < 4.78 is 38.6. The summed E-state index contributed by atoms with van der Waals surface area (Å²) in [6, 6.07) is 4.80. The highest BCUT2D eigenvalue weighted by molar-refractivity contribution is 7.89. The normalized spacial score (nSPS) is 17.7. The predicted molar refractivity (Wildman–Crippen MR) is 119 cm³/mol. The maximum Gasteiger partial charge on any atom is 0.336 e. The molecule has 0 aromatic heterocycles. The Morgan fingerprint density at radius 3 is 2.44 bits per heavy atom. The van der Waals surface area contributed by atoms with Gasteiger partial charge in [-0.1, -0.05) is 35.3 Å². The van der Waals surface area contributed by atoms with Crippen molar-refractivity contribution in [3.05, 3.63) is 56.3 Å². The van der Waals surface area contributed by atoms with Crippen LogP contribution in [-0.4, -0.2) is 46.1 Å². The fourth-order valence-electron chi connectivity index (χ4n) is 3.19. The number of halogens is 2. The van der Waals surface area contributed by atoms with E-state index in [0.717, 1.165) is 0 Å². The molecule has 1 aromatic rings. The Kier molecular flexibility index (Phi) is 8.72. The minimum Gasteiger partial charge on any atom is -0.466 e. The zero-order valence-electron chi connectivity index (χ0n) is 17.9. The lowest BCUT2D eigenvalue weighted by atomic mass is 9.80. The minimum atomic E-state index is -3.98. The summed E-state index contributed by atoms with van der Waals surface area (Å²) in [6.07, 6.45) is 0. The van der Waals surface area contributed by atoms with Gasteiger partial charge in [-0.25, -0.2) is 23.1 Å². The number of carbonyl (C=O) groups excluding carboxylic acids is 2. The molecular formula is C20H24Cl2N2O7S. The van der Waals surface area contributed by atoms with Gasteiger partial charge < -0.3 is 19.5 Å². The Labute approximate surface area is 196 Å². The summed E-state index contributed by atoms with van der Waals surface area (Å²) in [5, 5.41) is 8.40. The second-order valence-electron chi connectivity index (χ2n) is 6.81. The summed E-state index contributed by atoms with van der Waals surface area (Å²) in [5.74, 6) is -2.47. The molecule has 0 amide bonds. The molecule has 12 heteroatoms. The van der Waals surface area contributed by atoms with E-state index >= 15 is 0 Å². The van der Waals surface area contributed by atoms with Crippen LogP contribution in [0.25, 0.3) is 0 Å². The van der Waals surface area contributed by atoms with E-state index < -0.39 is 33.3 Å². The number of hydrogen-bond acceptors (Lipinski definition) is 8. The lowest BCUT2D eigenvalue weighted by Gasteiger charge is -2.32. The first-order valence-electron chi connectivity index (χ1n) is 9.47. The van der Waals surface area contributed by atoms with Crippen LogP contribution in [0.15, 0.2) is 40.7 Å². The number of dihydropyridines is 1. The smallest absolute Gasteiger partial charge is 0.336 e. The number of esters is 2. The molecule has 1 aromatic carbocycles. The van der Waals surface area contributed by atoms with Gasteiger partial charge in [0.2, 0.25) is 10.0 Å². The first-order valence-corrected chi connectivity index (χ1v) is 11.8. The molecule has 2 atom stereocenters. The van der Waals surface area contributed by atoms with Crippen molar-refractivity contribution in [2.24, 2.45) is 5.14 Å². The molecule has 0 bridgehead atoms. The second-order valence-corrected chi connectivity index (χ2v) is 9.44. The molecular weight excluding hydrogens is 483 g/mol. The van der Waals surface area contributed by atoms with Gasteiger partial charge in [0, 0.05) is 5.70 Å². The number of allylic oxidation sites excluding steroid dienone is 1. The third kappa shape index (κ3) is 5.62. The highest BCUT2D eigenvalue weighted by atomic mass is 35.5. The van der Waals surface area contributed by atoms with Crippen LogP contribution in [0.4, 0.5) is 0 Å². The monoisotopic (exact) mass is 506 g/mol. The van der Waals surface area contributed by atoms with E-state index in [1.165, 1.54) is 14.0 Å². The molecule has 32 heavy (non-hydrogen) atoms. The number of sulfonamides is 1. The highest BCUT2D eigenvalue weighted by Gasteiger charge is 2.40. The van der Waals surface area contributed by atoms with Crippen molar-refractivity contribution in [2.75, 3.05) is 20.3 Å². The molecule has 176 valence electrons. The zero-order valence-corrected chi connectivity index (χ0v) is 20.2. The van der Waals surface area contributed by atoms with E-state index in [1.54, 1.807) is 32.0 Å². The fourth-order valence-corrected chi connectivity index (χ4v) is 3.87. The highest BCUT2D eigenvalue weighted by Crippen LogP contribution is 2.43. The Bertz CT molecular complexity index is 1080. The largest absolute Gasteiger partial charge is 0.466 e. The number of nitrogens with two attached hydrogens (primary N) is 1. The van der Waals surface area contributed by atoms with Crippen LogP contribution in [0.5, 0.6) is 0 Å². The fraction of sp³-hybridized carbons (Fsp3) is 0.400. The summed E-state index contributed by atoms with van der Waals surface area (Å²) >= 11 is 12.6. The van der Waals surface area contributed by atoms with Gasteiger partial charge in [-0.15, -0.1) is 0 Å². The van der Waals surface area contributed by atoms with Crippen molar-refractivity contribution in [1.29, 1.82) is 0 Å². The molecule has 0 fully saturated rings. The average molecular weight is 507 g/mol. The molecule has 1 heterocycles. The lowest BCUT2D eigenvalue weighted by molar-refractivity contribution is -0.139.